The van der Waals surface area contributed by atoms with E-state index in [9.17, 15) is 0 Å². The summed E-state index contributed by atoms with van der Waals surface area (Å²) in [6.45, 7) is 0. The topological polar surface area (TPSA) is 29.3 Å². The summed E-state index contributed by atoms with van der Waals surface area (Å²) in [4.78, 5) is 1.89. The molecule has 56 valence electrons. The van der Waals surface area contributed by atoms with Gasteiger partial charge in [-0.05, 0) is 12.5 Å². The van der Waals surface area contributed by atoms with Crippen LogP contribution in [0.1, 0.15) is 0 Å². The van der Waals surface area contributed by atoms with E-state index in [1.807, 2.05) is 31.5 Å². The van der Waals surface area contributed by atoms with Gasteiger partial charge < -0.3 is 4.90 Å². The molecule has 0 saturated heterocycles. The number of nitrogens with two attached hydrogens (primary N) is 1. The van der Waals surface area contributed by atoms with E-state index in [1.165, 1.54) is 0 Å². The number of thiocarbonyl (C=S) groups is 1. The minimum absolute atomic E-state index is 0.863. The van der Waals surface area contributed by atoms with Crippen LogP contribution in [0.2, 0.25) is 0 Å². The molecule has 0 aromatic rings. The summed E-state index contributed by atoms with van der Waals surface area (Å²) < 4.78 is 0.863. The molecule has 0 spiro atoms. The zero-order chi connectivity index (χ0) is 7.65. The first kappa shape index (κ1) is 9.20. The molecule has 2 nitrogen and oxygen atoms in total. The van der Waals surface area contributed by atoms with Crippen LogP contribution in [-0.2, 0) is 0 Å². The second kappa shape index (κ2) is 2.86. The number of hydrogen-bond acceptors (Lipinski definition) is 2. The van der Waals surface area contributed by atoms with E-state index < -0.39 is 10.2 Å². The third-order valence-electron chi connectivity index (χ3n) is 0.815. The Kier molecular flexibility index (Phi) is 2.92. The quantitative estimate of drug-likeness (QED) is 0.539. The van der Waals surface area contributed by atoms with Gasteiger partial charge in [-0.15, -0.1) is 10.2 Å². The van der Waals surface area contributed by atoms with E-state index in [0.717, 1.165) is 4.32 Å². The van der Waals surface area contributed by atoms with Gasteiger partial charge in [-0.3, -0.25) is 5.14 Å². The second-order valence-electron chi connectivity index (χ2n) is 2.57. The summed E-state index contributed by atoms with van der Waals surface area (Å²) in [6, 6.07) is 0. The van der Waals surface area contributed by atoms with Gasteiger partial charge in [0.05, 0.1) is 0 Å². The summed E-state index contributed by atoms with van der Waals surface area (Å²) in [5, 5.41) is 5.78. The molecule has 0 saturated carbocycles. The Balaban J connectivity index is 4.06. The molecule has 0 radical (unpaired) electrons. The van der Waals surface area contributed by atoms with Crippen molar-refractivity contribution in [2.75, 3.05) is 26.6 Å². The fourth-order valence-electron chi connectivity index (χ4n) is 0.471. The van der Waals surface area contributed by atoms with Gasteiger partial charge in [0.1, 0.15) is 4.32 Å². The van der Waals surface area contributed by atoms with Gasteiger partial charge in [-0.2, -0.15) is 0 Å². The molecule has 4 heteroatoms. The van der Waals surface area contributed by atoms with Crippen molar-refractivity contribution < 1.29 is 0 Å². The molecule has 0 amide bonds. The molecule has 0 atom stereocenters. The first-order chi connectivity index (χ1) is 3.85. The third kappa shape index (κ3) is 3.03. The smallest absolute Gasteiger partial charge is 0.130 e. The lowest BCUT2D eigenvalue weighted by molar-refractivity contribution is 0.647. The van der Waals surface area contributed by atoms with Gasteiger partial charge in [-0.25, -0.2) is 0 Å². The molecule has 0 aliphatic carbocycles. The summed E-state index contributed by atoms with van der Waals surface area (Å²) in [5.74, 6) is 0. The Bertz CT molecular complexity index is 115. The lowest BCUT2D eigenvalue weighted by atomic mass is 11.0. The molecular weight excluding hydrogens is 152 g/mol. The van der Waals surface area contributed by atoms with Crippen molar-refractivity contribution in [1.82, 2.24) is 4.90 Å². The highest BCUT2D eigenvalue weighted by molar-refractivity contribution is 8.47. The molecule has 0 heterocycles. The van der Waals surface area contributed by atoms with Crippen LogP contribution in [0.25, 0.3) is 0 Å². The van der Waals surface area contributed by atoms with Crippen molar-refractivity contribution in [2.45, 2.75) is 0 Å². The van der Waals surface area contributed by atoms with Crippen molar-refractivity contribution in [2.24, 2.45) is 5.14 Å². The van der Waals surface area contributed by atoms with Crippen LogP contribution in [0.15, 0.2) is 0 Å². The average Bonchev–Trinajstić information content (AvgIpc) is 1.62. The molecule has 0 aromatic carbocycles. The number of hydrogen-bond donors (Lipinski definition) is 1. The SMILES string of the molecule is CN(C)C(=S)S(C)(C)N. The molecular formula is C5H14N2S2. The maximum Gasteiger partial charge on any atom is 0.130 e. The second-order valence-corrected chi connectivity index (χ2v) is 6.41. The maximum atomic E-state index is 5.78. The lowest BCUT2D eigenvalue weighted by Crippen LogP contribution is -2.28. The minimum Gasteiger partial charge on any atom is -0.364 e. The predicted molar refractivity (Wildman–Crippen MR) is 49.9 cm³/mol. The molecule has 0 aliphatic rings. The highest BCUT2D eigenvalue weighted by Crippen LogP contribution is 2.32. The Hall–Kier alpha value is 0.200. The van der Waals surface area contributed by atoms with Crippen LogP contribution in [0, 0.1) is 0 Å². The molecule has 0 unspecified atom stereocenters. The fourth-order valence-corrected chi connectivity index (χ4v) is 1.41. The molecule has 0 bridgehead atoms. The fraction of sp³-hybridized carbons (Fsp3) is 0.800. The summed E-state index contributed by atoms with van der Waals surface area (Å²) in [5.41, 5.74) is 0. The standard InChI is InChI=1S/C5H14N2S2/c1-7(2)5(8)9(3,4)6/h6H2,1-4H3. The van der Waals surface area contributed by atoms with Crippen molar-refractivity contribution in [3.63, 3.8) is 0 Å². The Morgan fingerprint density at radius 3 is 1.78 bits per heavy atom. The lowest BCUT2D eigenvalue weighted by Gasteiger charge is -2.30. The average molecular weight is 166 g/mol. The first-order valence-electron chi connectivity index (χ1n) is 2.58. The number of nitrogens with zero attached hydrogens (tertiary/aromatic N) is 1. The van der Waals surface area contributed by atoms with Crippen LogP contribution >= 0.6 is 22.4 Å². The van der Waals surface area contributed by atoms with E-state index in [4.69, 9.17) is 17.4 Å². The Morgan fingerprint density at radius 2 is 1.78 bits per heavy atom. The van der Waals surface area contributed by atoms with Crippen LogP contribution < -0.4 is 5.14 Å². The van der Waals surface area contributed by atoms with Crippen LogP contribution in [-0.4, -0.2) is 35.8 Å². The molecule has 0 rings (SSSR count). The highest BCUT2D eigenvalue weighted by Gasteiger charge is 2.12. The van der Waals surface area contributed by atoms with Gasteiger partial charge >= 0.3 is 0 Å². The minimum atomic E-state index is -1.14. The summed E-state index contributed by atoms with van der Waals surface area (Å²) in [6.07, 6.45) is 3.96. The Morgan fingerprint density at radius 1 is 1.44 bits per heavy atom. The Labute approximate surface area is 63.9 Å². The van der Waals surface area contributed by atoms with E-state index in [2.05, 4.69) is 0 Å². The normalized spacial score (nSPS) is 13.0. The van der Waals surface area contributed by atoms with Crippen LogP contribution in [0.5, 0.6) is 0 Å². The predicted octanol–water partition coefficient (Wildman–Crippen LogP) is 0.771. The van der Waals surface area contributed by atoms with Gasteiger partial charge in [0.2, 0.25) is 0 Å². The number of rotatable bonds is 0. The summed E-state index contributed by atoms with van der Waals surface area (Å²) >= 11 is 5.05. The third-order valence-corrected chi connectivity index (χ3v) is 3.73. The summed E-state index contributed by atoms with van der Waals surface area (Å²) in [7, 11) is 2.70. The largest absolute Gasteiger partial charge is 0.364 e. The van der Waals surface area contributed by atoms with E-state index in [-0.39, 0.29) is 0 Å². The molecule has 9 heavy (non-hydrogen) atoms. The van der Waals surface area contributed by atoms with E-state index in [1.54, 1.807) is 0 Å². The van der Waals surface area contributed by atoms with Gasteiger partial charge in [-0.1, -0.05) is 12.2 Å². The monoisotopic (exact) mass is 166 g/mol. The van der Waals surface area contributed by atoms with Gasteiger partial charge in [0.25, 0.3) is 0 Å². The van der Waals surface area contributed by atoms with Crippen molar-refractivity contribution in [3.8, 4) is 0 Å². The molecule has 0 aromatic heterocycles. The van der Waals surface area contributed by atoms with Crippen LogP contribution in [0.3, 0.4) is 0 Å². The van der Waals surface area contributed by atoms with E-state index >= 15 is 0 Å². The molecule has 0 aliphatic heterocycles. The molecule has 0 fully saturated rings. The zero-order valence-electron chi connectivity index (χ0n) is 6.34. The van der Waals surface area contributed by atoms with Crippen molar-refractivity contribution >= 4 is 26.8 Å². The van der Waals surface area contributed by atoms with Gasteiger partial charge in [0.15, 0.2) is 0 Å². The zero-order valence-corrected chi connectivity index (χ0v) is 7.97. The maximum absolute atomic E-state index is 5.78. The highest BCUT2D eigenvalue weighted by atomic mass is 32.3. The van der Waals surface area contributed by atoms with E-state index in [0.29, 0.717) is 0 Å². The van der Waals surface area contributed by atoms with Crippen LogP contribution in [0.4, 0.5) is 0 Å². The van der Waals surface area contributed by atoms with Crippen molar-refractivity contribution in [3.05, 3.63) is 0 Å². The van der Waals surface area contributed by atoms with Crippen molar-refractivity contribution in [1.29, 1.82) is 0 Å². The van der Waals surface area contributed by atoms with Gasteiger partial charge in [0, 0.05) is 14.1 Å². The first-order valence-corrected chi connectivity index (χ1v) is 5.50. The molecule has 2 N–H and O–H groups in total.